The molecule has 6 atom stereocenters. The van der Waals surface area contributed by atoms with Crippen molar-refractivity contribution in [2.75, 3.05) is 19.8 Å². The van der Waals surface area contributed by atoms with Crippen LogP contribution in [0.4, 0.5) is 0 Å². The van der Waals surface area contributed by atoms with Gasteiger partial charge in [-0.2, -0.15) is 0 Å². The van der Waals surface area contributed by atoms with Crippen molar-refractivity contribution >= 4 is 5.97 Å². The van der Waals surface area contributed by atoms with Crippen molar-refractivity contribution in [3.63, 3.8) is 0 Å². The highest BCUT2D eigenvalue weighted by molar-refractivity contribution is 5.89. The minimum atomic E-state index is -0.293. The Morgan fingerprint density at radius 1 is 1.30 bits per heavy atom. The van der Waals surface area contributed by atoms with Crippen LogP contribution in [0.5, 0.6) is 0 Å². The maximum absolute atomic E-state index is 12.3. The molecule has 1 aromatic rings. The van der Waals surface area contributed by atoms with Gasteiger partial charge in [0.15, 0.2) is 6.29 Å². The molecule has 0 bridgehead atoms. The van der Waals surface area contributed by atoms with Crippen LogP contribution in [-0.4, -0.2) is 43.3 Å². The van der Waals surface area contributed by atoms with Crippen LogP contribution in [0.25, 0.3) is 0 Å². The lowest BCUT2D eigenvalue weighted by Gasteiger charge is -2.29. The number of esters is 1. The average Bonchev–Trinajstić information content (AvgIpc) is 3.02. The molecule has 5 heteroatoms. The van der Waals surface area contributed by atoms with Crippen LogP contribution in [0.2, 0.25) is 0 Å². The van der Waals surface area contributed by atoms with E-state index in [1.54, 1.807) is 12.1 Å². The Morgan fingerprint density at radius 3 is 2.74 bits per heavy atom. The maximum atomic E-state index is 12.3. The standard InChI is InChI=1S/C22H32O5/c1-15(13-23)18-12-20(27-21-10-6-7-11-25-21)16(2)19(18)14-26-22(24)17-8-4-3-5-9-17/h3-5,8-9,15-16,18-21,23H,6-7,10-14H2,1-2H3/t15-,16-,18-,19-,20+,21?/m0/s1. The van der Waals surface area contributed by atoms with E-state index in [9.17, 15) is 9.90 Å². The van der Waals surface area contributed by atoms with Crippen molar-refractivity contribution in [3.05, 3.63) is 35.9 Å². The first-order valence-electron chi connectivity index (χ1n) is 10.2. The van der Waals surface area contributed by atoms with Gasteiger partial charge in [-0.05, 0) is 55.6 Å². The van der Waals surface area contributed by atoms with Crippen LogP contribution in [0, 0.1) is 23.7 Å². The number of benzene rings is 1. The van der Waals surface area contributed by atoms with Crippen molar-refractivity contribution in [3.8, 4) is 0 Å². The average molecular weight is 376 g/mol. The van der Waals surface area contributed by atoms with E-state index in [2.05, 4.69) is 13.8 Å². The predicted molar refractivity (Wildman–Crippen MR) is 102 cm³/mol. The van der Waals surface area contributed by atoms with Gasteiger partial charge in [0.25, 0.3) is 0 Å². The first kappa shape index (κ1) is 20.3. The molecule has 0 amide bonds. The molecule has 27 heavy (non-hydrogen) atoms. The fourth-order valence-corrected chi connectivity index (χ4v) is 4.41. The summed E-state index contributed by atoms with van der Waals surface area (Å²) in [6.45, 7) is 5.48. The van der Waals surface area contributed by atoms with Gasteiger partial charge in [-0.15, -0.1) is 0 Å². The first-order chi connectivity index (χ1) is 13.1. The Kier molecular flexibility index (Phi) is 7.27. The molecule has 0 radical (unpaired) electrons. The molecule has 1 aliphatic heterocycles. The van der Waals surface area contributed by atoms with Crippen molar-refractivity contribution in [1.29, 1.82) is 0 Å². The summed E-state index contributed by atoms with van der Waals surface area (Å²) < 4.78 is 17.6. The zero-order valence-electron chi connectivity index (χ0n) is 16.4. The van der Waals surface area contributed by atoms with Crippen LogP contribution in [0.3, 0.4) is 0 Å². The Morgan fingerprint density at radius 2 is 2.07 bits per heavy atom. The lowest BCUT2D eigenvalue weighted by Crippen LogP contribution is -2.31. The summed E-state index contributed by atoms with van der Waals surface area (Å²) in [6.07, 6.45) is 4.00. The Bertz CT molecular complexity index is 584. The number of aliphatic hydroxyl groups excluding tert-OH is 1. The fourth-order valence-electron chi connectivity index (χ4n) is 4.41. The second-order valence-electron chi connectivity index (χ2n) is 8.02. The smallest absolute Gasteiger partial charge is 0.338 e. The van der Waals surface area contributed by atoms with Gasteiger partial charge < -0.3 is 19.3 Å². The Hall–Kier alpha value is -1.43. The van der Waals surface area contributed by atoms with E-state index in [0.717, 1.165) is 32.3 Å². The molecule has 0 aromatic heterocycles. The number of hydrogen-bond donors (Lipinski definition) is 1. The number of rotatable bonds is 7. The minimum Gasteiger partial charge on any atom is -0.462 e. The lowest BCUT2D eigenvalue weighted by molar-refractivity contribution is -0.195. The molecule has 3 rings (SSSR count). The zero-order valence-corrected chi connectivity index (χ0v) is 16.4. The van der Waals surface area contributed by atoms with Crippen molar-refractivity contribution in [2.24, 2.45) is 23.7 Å². The lowest BCUT2D eigenvalue weighted by atomic mass is 9.83. The highest BCUT2D eigenvalue weighted by atomic mass is 16.7. The zero-order chi connectivity index (χ0) is 19.2. The van der Waals surface area contributed by atoms with E-state index in [1.807, 2.05) is 18.2 Å². The third kappa shape index (κ3) is 5.09. The minimum absolute atomic E-state index is 0.0764. The number of aliphatic hydroxyl groups is 1. The highest BCUT2D eigenvalue weighted by Gasteiger charge is 2.45. The van der Waals surface area contributed by atoms with E-state index in [0.29, 0.717) is 12.2 Å². The predicted octanol–water partition coefficient (Wildman–Crippen LogP) is 3.66. The number of hydrogen-bond acceptors (Lipinski definition) is 5. The number of ether oxygens (including phenoxy) is 3. The van der Waals surface area contributed by atoms with E-state index in [4.69, 9.17) is 14.2 Å². The molecule has 2 aliphatic rings. The third-order valence-electron chi connectivity index (χ3n) is 6.22. The summed E-state index contributed by atoms with van der Waals surface area (Å²) >= 11 is 0. The van der Waals surface area contributed by atoms with Crippen LogP contribution in [0.1, 0.15) is 49.9 Å². The molecule has 5 nitrogen and oxygen atoms in total. The van der Waals surface area contributed by atoms with Gasteiger partial charge in [0.05, 0.1) is 18.3 Å². The van der Waals surface area contributed by atoms with Crippen molar-refractivity contribution < 1.29 is 24.1 Å². The highest BCUT2D eigenvalue weighted by Crippen LogP contribution is 2.43. The van der Waals surface area contributed by atoms with E-state index < -0.39 is 0 Å². The SMILES string of the molecule is C[C@H]1[C@H](COC(=O)c2ccccc2)[C@H]([C@@H](C)CO)C[C@H]1OC1CCCCO1. The monoisotopic (exact) mass is 376 g/mol. The van der Waals surface area contributed by atoms with Gasteiger partial charge in [0.1, 0.15) is 0 Å². The van der Waals surface area contributed by atoms with Crippen molar-refractivity contribution in [2.45, 2.75) is 51.9 Å². The molecular weight excluding hydrogens is 344 g/mol. The summed E-state index contributed by atoms with van der Waals surface area (Å²) in [5.41, 5.74) is 0.568. The van der Waals surface area contributed by atoms with Gasteiger partial charge in [-0.3, -0.25) is 0 Å². The summed E-state index contributed by atoms with van der Waals surface area (Å²) in [5, 5.41) is 9.69. The molecule has 1 heterocycles. The summed E-state index contributed by atoms with van der Waals surface area (Å²) in [6, 6.07) is 9.07. The quantitative estimate of drug-likeness (QED) is 0.736. The van der Waals surface area contributed by atoms with E-state index >= 15 is 0 Å². The summed E-state index contributed by atoms with van der Waals surface area (Å²) in [4.78, 5) is 12.3. The van der Waals surface area contributed by atoms with Crippen LogP contribution < -0.4 is 0 Å². The molecule has 1 aromatic carbocycles. The first-order valence-corrected chi connectivity index (χ1v) is 10.2. The molecule has 2 fully saturated rings. The van der Waals surface area contributed by atoms with Gasteiger partial charge in [0, 0.05) is 19.1 Å². The van der Waals surface area contributed by atoms with Gasteiger partial charge in [-0.25, -0.2) is 4.79 Å². The molecule has 150 valence electrons. The number of carbonyl (C=O) groups is 1. The molecular formula is C22H32O5. The Labute approximate surface area is 162 Å². The number of carbonyl (C=O) groups excluding carboxylic acids is 1. The molecule has 1 N–H and O–H groups in total. The molecule has 1 saturated heterocycles. The second-order valence-corrected chi connectivity index (χ2v) is 8.02. The van der Waals surface area contributed by atoms with Crippen LogP contribution >= 0.6 is 0 Å². The normalized spacial score (nSPS) is 32.2. The van der Waals surface area contributed by atoms with Crippen LogP contribution in [0.15, 0.2) is 30.3 Å². The molecule has 1 aliphatic carbocycles. The largest absolute Gasteiger partial charge is 0.462 e. The fraction of sp³-hybridized carbons (Fsp3) is 0.682. The third-order valence-corrected chi connectivity index (χ3v) is 6.22. The molecule has 1 unspecified atom stereocenters. The van der Waals surface area contributed by atoms with Gasteiger partial charge >= 0.3 is 5.97 Å². The van der Waals surface area contributed by atoms with Crippen molar-refractivity contribution in [1.82, 2.24) is 0 Å². The maximum Gasteiger partial charge on any atom is 0.338 e. The Balaban J connectivity index is 1.62. The molecule has 1 saturated carbocycles. The van der Waals surface area contributed by atoms with Crippen LogP contribution in [-0.2, 0) is 14.2 Å². The molecule has 0 spiro atoms. The second kappa shape index (κ2) is 9.67. The summed E-state index contributed by atoms with van der Waals surface area (Å²) in [7, 11) is 0. The van der Waals surface area contributed by atoms with Gasteiger partial charge in [-0.1, -0.05) is 32.0 Å². The topological polar surface area (TPSA) is 65.0 Å². The van der Waals surface area contributed by atoms with Gasteiger partial charge in [0.2, 0.25) is 0 Å². The van der Waals surface area contributed by atoms with E-state index in [-0.39, 0.29) is 48.6 Å². The summed E-state index contributed by atoms with van der Waals surface area (Å²) in [5.74, 6) is 0.542. The van der Waals surface area contributed by atoms with E-state index in [1.165, 1.54) is 0 Å².